The van der Waals surface area contributed by atoms with E-state index in [2.05, 4.69) is 9.88 Å². The number of nitrogens with two attached hydrogens (primary N) is 2. The molecule has 0 aromatic carbocycles. The van der Waals surface area contributed by atoms with Gasteiger partial charge in [0.2, 0.25) is 0 Å². The largest absolute Gasteiger partial charge is 0.367 e. The van der Waals surface area contributed by atoms with E-state index >= 15 is 0 Å². The Morgan fingerprint density at radius 3 is 2.74 bits per heavy atom. The first-order chi connectivity index (χ1) is 9.22. The van der Waals surface area contributed by atoms with Crippen LogP contribution in [0, 0.1) is 0 Å². The molecule has 2 rings (SSSR count). The average Bonchev–Trinajstić information content (AvgIpc) is 2.46. The molecule has 1 heterocycles. The van der Waals surface area contributed by atoms with Gasteiger partial charge >= 0.3 is 0 Å². The van der Waals surface area contributed by atoms with Crippen LogP contribution in [0.3, 0.4) is 0 Å². The number of pyridine rings is 1. The predicted octanol–water partition coefficient (Wildman–Crippen LogP) is 1.28. The summed E-state index contributed by atoms with van der Waals surface area (Å²) in [5.74, 6) is -0.488. The van der Waals surface area contributed by atoms with E-state index in [0.29, 0.717) is 18.3 Å². The van der Waals surface area contributed by atoms with Crippen LogP contribution in [0.2, 0.25) is 0 Å². The number of amides is 1. The van der Waals surface area contributed by atoms with Gasteiger partial charge in [-0.1, -0.05) is 19.3 Å². The Bertz CT molecular complexity index is 429. The first kappa shape index (κ1) is 13.8. The molecule has 5 heteroatoms. The number of hydrogen-bond donors (Lipinski definition) is 2. The van der Waals surface area contributed by atoms with Crippen molar-refractivity contribution < 1.29 is 4.79 Å². The van der Waals surface area contributed by atoms with Crippen LogP contribution in [0.4, 0.5) is 5.69 Å². The highest BCUT2D eigenvalue weighted by Gasteiger charge is 2.21. The second kappa shape index (κ2) is 6.52. The molecule has 0 spiro atoms. The first-order valence-electron chi connectivity index (χ1n) is 6.95. The van der Waals surface area contributed by atoms with Gasteiger partial charge in [0.05, 0.1) is 0 Å². The van der Waals surface area contributed by atoms with Gasteiger partial charge < -0.3 is 16.4 Å². The zero-order valence-electron chi connectivity index (χ0n) is 11.2. The Balaban J connectivity index is 2.22. The van der Waals surface area contributed by atoms with Gasteiger partial charge in [0, 0.05) is 31.0 Å². The molecular formula is C14H22N4O. The van der Waals surface area contributed by atoms with E-state index in [0.717, 1.165) is 12.2 Å². The molecule has 1 aromatic heterocycles. The molecule has 104 valence electrons. The van der Waals surface area contributed by atoms with Crippen molar-refractivity contribution in [2.24, 2.45) is 11.5 Å². The normalized spacial score (nSPS) is 16.3. The smallest absolute Gasteiger partial charge is 0.267 e. The third-order valence-corrected chi connectivity index (χ3v) is 3.71. The molecule has 0 saturated heterocycles. The molecule has 1 aromatic rings. The molecule has 0 radical (unpaired) electrons. The number of hydrogen-bond acceptors (Lipinski definition) is 4. The van der Waals surface area contributed by atoms with E-state index in [1.54, 1.807) is 12.3 Å². The fourth-order valence-electron chi connectivity index (χ4n) is 2.79. The maximum atomic E-state index is 11.2. The second-order valence-corrected chi connectivity index (χ2v) is 5.04. The van der Waals surface area contributed by atoms with E-state index < -0.39 is 5.91 Å². The topological polar surface area (TPSA) is 85.2 Å². The average molecular weight is 262 g/mol. The van der Waals surface area contributed by atoms with Gasteiger partial charge in [-0.3, -0.25) is 9.78 Å². The minimum Gasteiger partial charge on any atom is -0.367 e. The van der Waals surface area contributed by atoms with Gasteiger partial charge in [0.1, 0.15) is 5.69 Å². The SMILES string of the molecule is NCCN(c1ccnc(C(N)=O)c1)C1CCCCC1. The lowest BCUT2D eigenvalue weighted by atomic mass is 9.93. The van der Waals surface area contributed by atoms with Crippen molar-refractivity contribution in [3.63, 3.8) is 0 Å². The Kier molecular flexibility index (Phi) is 4.74. The van der Waals surface area contributed by atoms with Crippen LogP contribution in [0.15, 0.2) is 18.3 Å². The first-order valence-corrected chi connectivity index (χ1v) is 6.95. The summed E-state index contributed by atoms with van der Waals surface area (Å²) in [5.41, 5.74) is 12.3. The van der Waals surface area contributed by atoms with Crippen molar-refractivity contribution in [3.05, 3.63) is 24.0 Å². The molecule has 19 heavy (non-hydrogen) atoms. The minimum atomic E-state index is -0.488. The van der Waals surface area contributed by atoms with E-state index in [4.69, 9.17) is 11.5 Å². The van der Waals surface area contributed by atoms with Crippen LogP contribution >= 0.6 is 0 Å². The van der Waals surface area contributed by atoms with Crippen LogP contribution < -0.4 is 16.4 Å². The number of carbonyl (C=O) groups is 1. The highest BCUT2D eigenvalue weighted by atomic mass is 16.1. The van der Waals surface area contributed by atoms with Crippen molar-refractivity contribution in [2.75, 3.05) is 18.0 Å². The monoisotopic (exact) mass is 262 g/mol. The molecule has 0 aliphatic heterocycles. The minimum absolute atomic E-state index is 0.315. The summed E-state index contributed by atoms with van der Waals surface area (Å²) in [6.45, 7) is 1.40. The predicted molar refractivity (Wildman–Crippen MR) is 76.0 cm³/mol. The summed E-state index contributed by atoms with van der Waals surface area (Å²) in [6, 6.07) is 4.21. The highest BCUT2D eigenvalue weighted by Crippen LogP contribution is 2.27. The standard InChI is InChI=1S/C14H22N4O/c15-7-9-18(11-4-2-1-3-5-11)12-6-8-17-13(10-12)14(16)19/h6,8,10-11H,1-5,7,9,15H2,(H2,16,19). The molecular weight excluding hydrogens is 240 g/mol. The second-order valence-electron chi connectivity index (χ2n) is 5.04. The lowest BCUT2D eigenvalue weighted by molar-refractivity contribution is 0.0995. The van der Waals surface area contributed by atoms with Crippen LogP contribution in [0.25, 0.3) is 0 Å². The van der Waals surface area contributed by atoms with Crippen molar-refractivity contribution in [1.29, 1.82) is 0 Å². The zero-order chi connectivity index (χ0) is 13.7. The Morgan fingerprint density at radius 2 is 2.11 bits per heavy atom. The number of anilines is 1. The summed E-state index contributed by atoms with van der Waals surface area (Å²) < 4.78 is 0. The quantitative estimate of drug-likeness (QED) is 0.837. The Morgan fingerprint density at radius 1 is 1.37 bits per heavy atom. The number of nitrogens with zero attached hydrogens (tertiary/aromatic N) is 2. The fourth-order valence-corrected chi connectivity index (χ4v) is 2.79. The Hall–Kier alpha value is -1.62. The maximum absolute atomic E-state index is 11.2. The van der Waals surface area contributed by atoms with E-state index in [9.17, 15) is 4.79 Å². The van der Waals surface area contributed by atoms with E-state index in [-0.39, 0.29) is 0 Å². The summed E-state index contributed by atoms with van der Waals surface area (Å²) in [4.78, 5) is 17.5. The van der Waals surface area contributed by atoms with Crippen LogP contribution in [-0.4, -0.2) is 30.0 Å². The van der Waals surface area contributed by atoms with Gasteiger partial charge in [0.25, 0.3) is 5.91 Å². The van der Waals surface area contributed by atoms with Gasteiger partial charge in [-0.25, -0.2) is 0 Å². The zero-order valence-corrected chi connectivity index (χ0v) is 11.2. The Labute approximate surface area is 114 Å². The van der Waals surface area contributed by atoms with Crippen molar-refractivity contribution in [3.8, 4) is 0 Å². The van der Waals surface area contributed by atoms with Gasteiger partial charge in [0.15, 0.2) is 0 Å². The number of aromatic nitrogens is 1. The summed E-state index contributed by atoms with van der Waals surface area (Å²) in [6.07, 6.45) is 7.86. The lowest BCUT2D eigenvalue weighted by Gasteiger charge is -2.36. The molecule has 1 fully saturated rings. The molecule has 1 saturated carbocycles. The van der Waals surface area contributed by atoms with Gasteiger partial charge in [-0.15, -0.1) is 0 Å². The lowest BCUT2D eigenvalue weighted by Crippen LogP contribution is -2.40. The number of carbonyl (C=O) groups excluding carboxylic acids is 1. The fraction of sp³-hybridized carbons (Fsp3) is 0.571. The van der Waals surface area contributed by atoms with Crippen molar-refractivity contribution >= 4 is 11.6 Å². The number of primary amides is 1. The van der Waals surface area contributed by atoms with Crippen molar-refractivity contribution in [1.82, 2.24) is 4.98 Å². The third kappa shape index (κ3) is 3.44. The molecule has 0 atom stereocenters. The highest BCUT2D eigenvalue weighted by molar-refractivity contribution is 5.91. The van der Waals surface area contributed by atoms with E-state index in [1.165, 1.54) is 32.1 Å². The summed E-state index contributed by atoms with van der Waals surface area (Å²) >= 11 is 0. The number of rotatable bonds is 5. The molecule has 5 nitrogen and oxygen atoms in total. The summed E-state index contributed by atoms with van der Waals surface area (Å²) in [7, 11) is 0. The van der Waals surface area contributed by atoms with Crippen molar-refractivity contribution in [2.45, 2.75) is 38.1 Å². The van der Waals surface area contributed by atoms with Crippen LogP contribution in [0.5, 0.6) is 0 Å². The molecule has 1 aliphatic carbocycles. The van der Waals surface area contributed by atoms with Crippen LogP contribution in [-0.2, 0) is 0 Å². The van der Waals surface area contributed by atoms with E-state index in [1.807, 2.05) is 6.07 Å². The molecule has 0 unspecified atom stereocenters. The molecule has 1 amide bonds. The van der Waals surface area contributed by atoms with Gasteiger partial charge in [-0.05, 0) is 25.0 Å². The summed E-state index contributed by atoms with van der Waals surface area (Å²) in [5, 5.41) is 0. The molecule has 0 bridgehead atoms. The molecule has 4 N–H and O–H groups in total. The van der Waals surface area contributed by atoms with Gasteiger partial charge in [-0.2, -0.15) is 0 Å². The maximum Gasteiger partial charge on any atom is 0.267 e. The third-order valence-electron chi connectivity index (χ3n) is 3.71. The molecule has 1 aliphatic rings. The van der Waals surface area contributed by atoms with Crippen LogP contribution in [0.1, 0.15) is 42.6 Å².